The molecule has 18 heavy (non-hydrogen) atoms. The minimum atomic E-state index is 0.651. The Morgan fingerprint density at radius 1 is 1.22 bits per heavy atom. The number of likely N-dealkylation sites (N-methyl/N-ethyl adjacent to an activating group) is 1. The Kier molecular flexibility index (Phi) is 7.20. The molecule has 1 saturated heterocycles. The van der Waals surface area contributed by atoms with E-state index in [1.54, 1.807) is 0 Å². The van der Waals surface area contributed by atoms with Crippen LogP contribution in [0.25, 0.3) is 0 Å². The van der Waals surface area contributed by atoms with Gasteiger partial charge in [-0.25, -0.2) is 0 Å². The van der Waals surface area contributed by atoms with E-state index in [9.17, 15) is 0 Å². The molecule has 0 radical (unpaired) electrons. The van der Waals surface area contributed by atoms with Crippen molar-refractivity contribution in [1.29, 1.82) is 0 Å². The second-order valence-electron chi connectivity index (χ2n) is 6.46. The lowest BCUT2D eigenvalue weighted by atomic mass is 9.99. The minimum Gasteiger partial charge on any atom is -0.310 e. The zero-order valence-corrected chi connectivity index (χ0v) is 13.1. The van der Waals surface area contributed by atoms with E-state index in [0.717, 1.165) is 18.5 Å². The zero-order chi connectivity index (χ0) is 13.5. The average Bonchev–Trinajstić information content (AvgIpc) is 2.28. The molecule has 1 atom stereocenters. The summed E-state index contributed by atoms with van der Waals surface area (Å²) in [6.45, 7) is 11.8. The largest absolute Gasteiger partial charge is 0.310 e. The first-order valence-corrected chi connectivity index (χ1v) is 7.64. The van der Waals surface area contributed by atoms with Crippen molar-refractivity contribution in [2.24, 2.45) is 5.92 Å². The van der Waals surface area contributed by atoms with Crippen LogP contribution >= 0.6 is 0 Å². The van der Waals surface area contributed by atoms with Gasteiger partial charge >= 0.3 is 0 Å². The van der Waals surface area contributed by atoms with Crippen molar-refractivity contribution < 1.29 is 0 Å². The molecule has 3 nitrogen and oxygen atoms in total. The number of likely N-dealkylation sites (tertiary alicyclic amines) is 1. The standard InChI is InChI=1S/C15H33N3/c1-6-18-9-7-14(8-10-18)16-15(11-13(2)3)12-17(4)5/h13-16H,6-12H2,1-5H3. The molecule has 1 heterocycles. The molecule has 1 fully saturated rings. The molecule has 0 aromatic rings. The van der Waals surface area contributed by atoms with E-state index < -0.39 is 0 Å². The number of nitrogens with one attached hydrogen (secondary N) is 1. The van der Waals surface area contributed by atoms with Gasteiger partial charge in [-0.15, -0.1) is 0 Å². The molecule has 0 bridgehead atoms. The SMILES string of the molecule is CCN1CCC(NC(CC(C)C)CN(C)C)CC1. The molecule has 1 aliphatic heterocycles. The van der Waals surface area contributed by atoms with Gasteiger partial charge in [0.25, 0.3) is 0 Å². The zero-order valence-electron chi connectivity index (χ0n) is 13.1. The fraction of sp³-hybridized carbons (Fsp3) is 1.00. The second-order valence-corrected chi connectivity index (χ2v) is 6.46. The molecule has 0 saturated carbocycles. The maximum atomic E-state index is 3.89. The van der Waals surface area contributed by atoms with Crippen molar-refractivity contribution >= 4 is 0 Å². The van der Waals surface area contributed by atoms with Gasteiger partial charge in [-0.3, -0.25) is 0 Å². The predicted octanol–water partition coefficient (Wildman–Crippen LogP) is 2.04. The van der Waals surface area contributed by atoms with Crippen molar-refractivity contribution in [1.82, 2.24) is 15.1 Å². The highest BCUT2D eigenvalue weighted by atomic mass is 15.2. The molecule has 0 spiro atoms. The van der Waals surface area contributed by atoms with E-state index in [0.29, 0.717) is 6.04 Å². The Bertz CT molecular complexity index is 198. The Morgan fingerprint density at radius 2 is 1.83 bits per heavy atom. The highest BCUT2D eigenvalue weighted by Gasteiger charge is 2.21. The van der Waals surface area contributed by atoms with E-state index >= 15 is 0 Å². The summed E-state index contributed by atoms with van der Waals surface area (Å²) in [6.07, 6.45) is 3.91. The second kappa shape index (κ2) is 8.13. The third kappa shape index (κ3) is 6.17. The lowest BCUT2D eigenvalue weighted by Crippen LogP contribution is -2.49. The monoisotopic (exact) mass is 255 g/mol. The summed E-state index contributed by atoms with van der Waals surface area (Å²) in [5.41, 5.74) is 0. The fourth-order valence-corrected chi connectivity index (χ4v) is 2.95. The fourth-order valence-electron chi connectivity index (χ4n) is 2.95. The van der Waals surface area contributed by atoms with Crippen molar-refractivity contribution in [3.63, 3.8) is 0 Å². The van der Waals surface area contributed by atoms with Gasteiger partial charge in [-0.1, -0.05) is 20.8 Å². The first-order valence-electron chi connectivity index (χ1n) is 7.64. The highest BCUT2D eigenvalue weighted by molar-refractivity contribution is 4.81. The van der Waals surface area contributed by atoms with Crippen LogP contribution in [0.5, 0.6) is 0 Å². The molecule has 108 valence electrons. The molecule has 1 aliphatic rings. The van der Waals surface area contributed by atoms with E-state index in [1.807, 2.05) is 0 Å². The Labute approximate surface area is 114 Å². The van der Waals surface area contributed by atoms with Crippen LogP contribution in [-0.4, -0.2) is 62.2 Å². The molecule has 1 unspecified atom stereocenters. The number of hydrogen-bond acceptors (Lipinski definition) is 3. The molecule has 0 amide bonds. The van der Waals surface area contributed by atoms with Crippen molar-refractivity contribution in [2.45, 2.75) is 52.1 Å². The van der Waals surface area contributed by atoms with Gasteiger partial charge in [-0.2, -0.15) is 0 Å². The molecule has 1 N–H and O–H groups in total. The minimum absolute atomic E-state index is 0.651. The maximum absolute atomic E-state index is 3.89. The summed E-state index contributed by atoms with van der Waals surface area (Å²) in [6, 6.07) is 1.38. The van der Waals surface area contributed by atoms with Gasteiger partial charge in [0.05, 0.1) is 0 Å². The summed E-state index contributed by atoms with van der Waals surface area (Å²) < 4.78 is 0. The van der Waals surface area contributed by atoms with E-state index in [-0.39, 0.29) is 0 Å². The summed E-state index contributed by atoms with van der Waals surface area (Å²) in [4.78, 5) is 4.86. The first kappa shape index (κ1) is 15.9. The van der Waals surface area contributed by atoms with Crippen LogP contribution in [0.15, 0.2) is 0 Å². The van der Waals surface area contributed by atoms with Gasteiger partial charge < -0.3 is 15.1 Å². The maximum Gasteiger partial charge on any atom is 0.0199 e. The van der Waals surface area contributed by atoms with Crippen LogP contribution in [0.4, 0.5) is 0 Å². The lowest BCUT2D eigenvalue weighted by molar-refractivity contribution is 0.186. The lowest BCUT2D eigenvalue weighted by Gasteiger charge is -2.35. The summed E-state index contributed by atoms with van der Waals surface area (Å²) >= 11 is 0. The Hall–Kier alpha value is -0.120. The highest BCUT2D eigenvalue weighted by Crippen LogP contribution is 2.13. The van der Waals surface area contributed by atoms with Crippen LogP contribution in [0.1, 0.15) is 40.0 Å². The topological polar surface area (TPSA) is 18.5 Å². The van der Waals surface area contributed by atoms with E-state index in [4.69, 9.17) is 0 Å². The third-order valence-electron chi connectivity index (χ3n) is 3.85. The summed E-state index contributed by atoms with van der Waals surface area (Å²) in [7, 11) is 4.35. The number of rotatable bonds is 7. The summed E-state index contributed by atoms with van der Waals surface area (Å²) in [5.74, 6) is 0.776. The normalized spacial score (nSPS) is 20.8. The van der Waals surface area contributed by atoms with Crippen LogP contribution < -0.4 is 5.32 Å². The Morgan fingerprint density at radius 3 is 2.28 bits per heavy atom. The molecule has 0 aromatic heterocycles. The van der Waals surface area contributed by atoms with E-state index in [1.165, 1.54) is 38.9 Å². The van der Waals surface area contributed by atoms with Crippen LogP contribution in [0, 0.1) is 5.92 Å². The van der Waals surface area contributed by atoms with Crippen LogP contribution in [0.2, 0.25) is 0 Å². The van der Waals surface area contributed by atoms with Gasteiger partial charge in [0.1, 0.15) is 0 Å². The molecule has 3 heteroatoms. The molecular weight excluding hydrogens is 222 g/mol. The van der Waals surface area contributed by atoms with Gasteiger partial charge in [-0.05, 0) is 58.9 Å². The van der Waals surface area contributed by atoms with Gasteiger partial charge in [0.2, 0.25) is 0 Å². The van der Waals surface area contributed by atoms with Gasteiger partial charge in [0, 0.05) is 18.6 Å². The van der Waals surface area contributed by atoms with Crippen molar-refractivity contribution in [3.05, 3.63) is 0 Å². The molecular formula is C15H33N3. The summed E-state index contributed by atoms with van der Waals surface area (Å²) in [5, 5.41) is 3.89. The number of hydrogen-bond donors (Lipinski definition) is 1. The number of nitrogens with zero attached hydrogens (tertiary/aromatic N) is 2. The Balaban J connectivity index is 2.36. The van der Waals surface area contributed by atoms with Gasteiger partial charge in [0.15, 0.2) is 0 Å². The molecule has 0 aliphatic carbocycles. The van der Waals surface area contributed by atoms with Crippen molar-refractivity contribution in [3.8, 4) is 0 Å². The quantitative estimate of drug-likeness (QED) is 0.751. The molecule has 1 rings (SSSR count). The van der Waals surface area contributed by atoms with E-state index in [2.05, 4.69) is 50.0 Å². The van der Waals surface area contributed by atoms with Crippen molar-refractivity contribution in [2.75, 3.05) is 40.3 Å². The molecule has 0 aromatic carbocycles. The smallest absolute Gasteiger partial charge is 0.0199 e. The predicted molar refractivity (Wildman–Crippen MR) is 80.1 cm³/mol. The van der Waals surface area contributed by atoms with Crippen LogP contribution in [0.3, 0.4) is 0 Å². The number of piperidine rings is 1. The van der Waals surface area contributed by atoms with Crippen LogP contribution in [-0.2, 0) is 0 Å². The third-order valence-corrected chi connectivity index (χ3v) is 3.85. The average molecular weight is 255 g/mol. The first-order chi connectivity index (χ1) is 8.51.